The van der Waals surface area contributed by atoms with E-state index in [2.05, 4.69) is 5.32 Å². The number of rotatable bonds is 6. The number of carbonyl (C=O) groups is 2. The van der Waals surface area contributed by atoms with E-state index in [1.165, 1.54) is 0 Å². The third kappa shape index (κ3) is 4.84. The van der Waals surface area contributed by atoms with Crippen LogP contribution in [0, 0.1) is 0 Å². The van der Waals surface area contributed by atoms with E-state index >= 15 is 0 Å². The minimum Gasteiger partial charge on any atom is -0.399 e. The molecule has 0 aliphatic rings. The monoisotopic (exact) mass is 250 g/mol. The van der Waals surface area contributed by atoms with Gasteiger partial charge in [-0.1, -0.05) is 6.92 Å². The van der Waals surface area contributed by atoms with Crippen molar-refractivity contribution < 1.29 is 9.59 Å². The number of amides is 2. The summed E-state index contributed by atoms with van der Waals surface area (Å²) in [5.41, 5.74) is 11.9. The minimum atomic E-state index is -0.447. The van der Waals surface area contributed by atoms with Crippen LogP contribution < -0.4 is 16.8 Å². The maximum atomic E-state index is 11.7. The molecule has 0 radical (unpaired) electrons. The zero-order valence-corrected chi connectivity index (χ0v) is 10.3. The Kier molecular flexibility index (Phi) is 5.13. The molecule has 98 valence electrons. The average Bonchev–Trinajstić information content (AvgIpc) is 2.30. The summed E-state index contributed by atoms with van der Waals surface area (Å²) in [4.78, 5) is 24.2. The number of carbonyl (C=O) groups excluding carboxylic acids is 2. The SMILES string of the molecule is CCN(CC(N)=O)CC(=O)Nc1ccc(N)cc1. The van der Waals surface area contributed by atoms with Crippen LogP contribution in [0.5, 0.6) is 0 Å². The molecule has 5 N–H and O–H groups in total. The van der Waals surface area contributed by atoms with Gasteiger partial charge in [-0.3, -0.25) is 14.5 Å². The molecule has 0 atom stereocenters. The lowest BCUT2D eigenvalue weighted by Crippen LogP contribution is -2.39. The quantitative estimate of drug-likeness (QED) is 0.619. The summed E-state index contributed by atoms with van der Waals surface area (Å²) in [7, 11) is 0. The van der Waals surface area contributed by atoms with E-state index in [0.29, 0.717) is 17.9 Å². The fraction of sp³-hybridized carbons (Fsp3) is 0.333. The Morgan fingerprint density at radius 3 is 2.33 bits per heavy atom. The molecular weight excluding hydrogens is 232 g/mol. The van der Waals surface area contributed by atoms with Crippen molar-refractivity contribution in [2.45, 2.75) is 6.92 Å². The zero-order chi connectivity index (χ0) is 13.5. The van der Waals surface area contributed by atoms with Crippen LogP contribution in [0.4, 0.5) is 11.4 Å². The predicted octanol–water partition coefficient (Wildman–Crippen LogP) is 0.0145. The Balaban J connectivity index is 2.49. The zero-order valence-electron chi connectivity index (χ0n) is 10.3. The summed E-state index contributed by atoms with van der Waals surface area (Å²) >= 11 is 0. The first-order chi connectivity index (χ1) is 8.51. The van der Waals surface area contributed by atoms with Crippen LogP contribution in [-0.2, 0) is 9.59 Å². The highest BCUT2D eigenvalue weighted by Crippen LogP contribution is 2.10. The molecule has 0 saturated carbocycles. The second kappa shape index (κ2) is 6.61. The maximum absolute atomic E-state index is 11.7. The molecule has 0 bridgehead atoms. The van der Waals surface area contributed by atoms with Gasteiger partial charge >= 0.3 is 0 Å². The van der Waals surface area contributed by atoms with Crippen LogP contribution in [0.1, 0.15) is 6.92 Å². The molecule has 6 nitrogen and oxygen atoms in total. The summed E-state index contributed by atoms with van der Waals surface area (Å²) in [6.07, 6.45) is 0. The molecule has 6 heteroatoms. The van der Waals surface area contributed by atoms with Gasteiger partial charge in [0.05, 0.1) is 13.1 Å². The van der Waals surface area contributed by atoms with E-state index < -0.39 is 5.91 Å². The molecule has 0 spiro atoms. The van der Waals surface area contributed by atoms with Crippen LogP contribution >= 0.6 is 0 Å². The van der Waals surface area contributed by atoms with Gasteiger partial charge in [0.1, 0.15) is 0 Å². The summed E-state index contributed by atoms with van der Waals surface area (Å²) < 4.78 is 0. The van der Waals surface area contributed by atoms with Crippen LogP contribution in [0.25, 0.3) is 0 Å². The summed E-state index contributed by atoms with van der Waals surface area (Å²) in [6.45, 7) is 2.65. The van der Waals surface area contributed by atoms with Crippen molar-refractivity contribution in [3.8, 4) is 0 Å². The van der Waals surface area contributed by atoms with Gasteiger partial charge in [0, 0.05) is 11.4 Å². The fourth-order valence-electron chi connectivity index (χ4n) is 1.47. The maximum Gasteiger partial charge on any atom is 0.238 e. The first-order valence-corrected chi connectivity index (χ1v) is 5.67. The Morgan fingerprint density at radius 2 is 1.83 bits per heavy atom. The van der Waals surface area contributed by atoms with E-state index in [9.17, 15) is 9.59 Å². The van der Waals surface area contributed by atoms with Crippen molar-refractivity contribution in [3.63, 3.8) is 0 Å². The van der Waals surface area contributed by atoms with E-state index in [-0.39, 0.29) is 19.0 Å². The van der Waals surface area contributed by atoms with E-state index in [4.69, 9.17) is 11.5 Å². The van der Waals surface area contributed by atoms with Crippen molar-refractivity contribution in [3.05, 3.63) is 24.3 Å². The number of nitrogens with zero attached hydrogens (tertiary/aromatic N) is 1. The van der Waals surface area contributed by atoms with Gasteiger partial charge in [0.25, 0.3) is 0 Å². The number of nitrogen functional groups attached to an aromatic ring is 1. The third-order valence-corrected chi connectivity index (χ3v) is 2.39. The first kappa shape index (κ1) is 14.0. The second-order valence-corrected chi connectivity index (χ2v) is 3.94. The largest absolute Gasteiger partial charge is 0.399 e. The Hall–Kier alpha value is -2.08. The molecule has 2 amide bonds. The normalized spacial score (nSPS) is 10.3. The van der Waals surface area contributed by atoms with Gasteiger partial charge in [0.2, 0.25) is 11.8 Å². The molecule has 0 heterocycles. The van der Waals surface area contributed by atoms with E-state index in [1.54, 1.807) is 29.2 Å². The number of anilines is 2. The van der Waals surface area contributed by atoms with Gasteiger partial charge in [-0.15, -0.1) is 0 Å². The van der Waals surface area contributed by atoms with Crippen molar-refractivity contribution in [1.29, 1.82) is 0 Å². The number of nitrogens with one attached hydrogen (secondary N) is 1. The number of hydrogen-bond acceptors (Lipinski definition) is 4. The molecule has 0 aromatic heterocycles. The van der Waals surface area contributed by atoms with Gasteiger partial charge < -0.3 is 16.8 Å². The van der Waals surface area contributed by atoms with E-state index in [1.807, 2.05) is 6.92 Å². The standard InChI is InChI=1S/C12H18N4O2/c1-2-16(7-11(14)17)8-12(18)15-10-5-3-9(13)4-6-10/h3-6H,2,7-8,13H2,1H3,(H2,14,17)(H,15,18). The molecule has 0 aliphatic carbocycles. The molecule has 1 rings (SSSR count). The van der Waals surface area contributed by atoms with E-state index in [0.717, 1.165) is 0 Å². The molecule has 0 fully saturated rings. The van der Waals surface area contributed by atoms with Crippen molar-refractivity contribution in [2.75, 3.05) is 30.7 Å². The highest BCUT2D eigenvalue weighted by atomic mass is 16.2. The molecule has 1 aromatic rings. The topological polar surface area (TPSA) is 101 Å². The molecular formula is C12H18N4O2. The van der Waals surface area contributed by atoms with Crippen LogP contribution in [0.15, 0.2) is 24.3 Å². The van der Waals surface area contributed by atoms with Gasteiger partial charge in [-0.2, -0.15) is 0 Å². The number of benzene rings is 1. The fourth-order valence-corrected chi connectivity index (χ4v) is 1.47. The number of nitrogens with two attached hydrogens (primary N) is 2. The summed E-state index contributed by atoms with van der Waals surface area (Å²) in [5.74, 6) is -0.639. The lowest BCUT2D eigenvalue weighted by molar-refractivity contribution is -0.121. The Morgan fingerprint density at radius 1 is 1.22 bits per heavy atom. The molecule has 0 aliphatic heterocycles. The molecule has 0 saturated heterocycles. The van der Waals surface area contributed by atoms with Crippen LogP contribution in [0.2, 0.25) is 0 Å². The molecule has 18 heavy (non-hydrogen) atoms. The minimum absolute atomic E-state index is 0.0751. The Bertz CT molecular complexity index is 417. The number of primary amides is 1. The lowest BCUT2D eigenvalue weighted by atomic mass is 10.3. The molecule has 0 unspecified atom stereocenters. The van der Waals surface area contributed by atoms with Gasteiger partial charge in [-0.25, -0.2) is 0 Å². The average molecular weight is 250 g/mol. The van der Waals surface area contributed by atoms with Crippen molar-refractivity contribution in [1.82, 2.24) is 4.90 Å². The van der Waals surface area contributed by atoms with Crippen molar-refractivity contribution in [2.24, 2.45) is 5.73 Å². The van der Waals surface area contributed by atoms with Crippen LogP contribution in [0.3, 0.4) is 0 Å². The summed E-state index contributed by atoms with van der Waals surface area (Å²) in [5, 5.41) is 2.72. The van der Waals surface area contributed by atoms with Gasteiger partial charge in [-0.05, 0) is 30.8 Å². The third-order valence-electron chi connectivity index (χ3n) is 2.39. The first-order valence-electron chi connectivity index (χ1n) is 5.67. The highest BCUT2D eigenvalue weighted by Gasteiger charge is 2.11. The Labute approximate surface area is 106 Å². The second-order valence-electron chi connectivity index (χ2n) is 3.94. The highest BCUT2D eigenvalue weighted by molar-refractivity contribution is 5.92. The number of likely N-dealkylation sites (N-methyl/N-ethyl adjacent to an activating group) is 1. The molecule has 1 aromatic carbocycles. The summed E-state index contributed by atoms with van der Waals surface area (Å²) in [6, 6.07) is 6.85. The lowest BCUT2D eigenvalue weighted by Gasteiger charge is -2.17. The van der Waals surface area contributed by atoms with Crippen LogP contribution in [-0.4, -0.2) is 36.3 Å². The van der Waals surface area contributed by atoms with Gasteiger partial charge in [0.15, 0.2) is 0 Å². The number of hydrogen-bond donors (Lipinski definition) is 3. The van der Waals surface area contributed by atoms with Crippen molar-refractivity contribution >= 4 is 23.2 Å². The predicted molar refractivity (Wildman–Crippen MR) is 70.8 cm³/mol. The smallest absolute Gasteiger partial charge is 0.238 e.